The molecule has 1 atom stereocenters. The zero-order chi connectivity index (χ0) is 10.4. The summed E-state index contributed by atoms with van der Waals surface area (Å²) in [4.78, 5) is 0. The SMILES string of the molecule is CCOCCC(N)Cc1ccn(C)n1. The minimum absolute atomic E-state index is 0.149. The standard InChI is InChI=1S/C10H19N3O/c1-3-14-7-5-9(11)8-10-4-6-13(2)12-10/h4,6,9H,3,5,7-8,11H2,1-2H3. The minimum Gasteiger partial charge on any atom is -0.382 e. The quantitative estimate of drug-likeness (QED) is 0.684. The number of hydrogen-bond acceptors (Lipinski definition) is 3. The average molecular weight is 197 g/mol. The lowest BCUT2D eigenvalue weighted by atomic mass is 10.1. The molecule has 0 saturated heterocycles. The molecule has 2 N–H and O–H groups in total. The number of hydrogen-bond donors (Lipinski definition) is 1. The van der Waals surface area contributed by atoms with Crippen molar-refractivity contribution in [3.63, 3.8) is 0 Å². The second kappa shape index (κ2) is 5.78. The van der Waals surface area contributed by atoms with Gasteiger partial charge in [-0.2, -0.15) is 5.10 Å². The lowest BCUT2D eigenvalue weighted by Gasteiger charge is -2.09. The Labute approximate surface area is 85.0 Å². The third-order valence-corrected chi connectivity index (χ3v) is 2.08. The van der Waals surface area contributed by atoms with Gasteiger partial charge in [-0.3, -0.25) is 4.68 Å². The van der Waals surface area contributed by atoms with Crippen LogP contribution in [0.5, 0.6) is 0 Å². The van der Waals surface area contributed by atoms with Crippen molar-refractivity contribution in [2.24, 2.45) is 12.8 Å². The molecule has 0 aromatic carbocycles. The van der Waals surface area contributed by atoms with Gasteiger partial charge in [0, 0.05) is 38.9 Å². The van der Waals surface area contributed by atoms with E-state index < -0.39 is 0 Å². The van der Waals surface area contributed by atoms with Crippen LogP contribution >= 0.6 is 0 Å². The van der Waals surface area contributed by atoms with Crippen molar-refractivity contribution in [1.29, 1.82) is 0 Å². The van der Waals surface area contributed by atoms with Crippen LogP contribution in [0.3, 0.4) is 0 Å². The highest BCUT2D eigenvalue weighted by molar-refractivity contribution is 5.00. The van der Waals surface area contributed by atoms with Crippen LogP contribution in [0.25, 0.3) is 0 Å². The van der Waals surface area contributed by atoms with Gasteiger partial charge >= 0.3 is 0 Å². The summed E-state index contributed by atoms with van der Waals surface area (Å²) in [6.45, 7) is 3.49. The molecule has 1 aromatic rings. The van der Waals surface area contributed by atoms with Crippen LogP contribution < -0.4 is 5.73 Å². The smallest absolute Gasteiger partial charge is 0.0639 e. The van der Waals surface area contributed by atoms with Crippen molar-refractivity contribution < 1.29 is 4.74 Å². The number of ether oxygens (including phenoxy) is 1. The minimum atomic E-state index is 0.149. The predicted octanol–water partition coefficient (Wildman–Crippen LogP) is 0.716. The van der Waals surface area contributed by atoms with E-state index in [4.69, 9.17) is 10.5 Å². The van der Waals surface area contributed by atoms with Crippen molar-refractivity contribution in [2.75, 3.05) is 13.2 Å². The second-order valence-electron chi connectivity index (χ2n) is 3.43. The van der Waals surface area contributed by atoms with Crippen LogP contribution in [0.15, 0.2) is 12.3 Å². The van der Waals surface area contributed by atoms with Gasteiger partial charge in [-0.25, -0.2) is 0 Å². The van der Waals surface area contributed by atoms with Crippen LogP contribution in [-0.4, -0.2) is 29.0 Å². The van der Waals surface area contributed by atoms with Gasteiger partial charge in [-0.1, -0.05) is 0 Å². The number of aromatic nitrogens is 2. The van der Waals surface area contributed by atoms with E-state index in [1.54, 1.807) is 4.68 Å². The summed E-state index contributed by atoms with van der Waals surface area (Å²) in [6.07, 6.45) is 3.66. The number of nitrogens with two attached hydrogens (primary N) is 1. The van der Waals surface area contributed by atoms with Gasteiger partial charge in [0.15, 0.2) is 0 Å². The molecule has 1 rings (SSSR count). The van der Waals surface area contributed by atoms with E-state index in [-0.39, 0.29) is 6.04 Å². The maximum absolute atomic E-state index is 5.93. The van der Waals surface area contributed by atoms with E-state index in [1.165, 1.54) is 0 Å². The molecule has 0 saturated carbocycles. The van der Waals surface area contributed by atoms with Crippen molar-refractivity contribution in [2.45, 2.75) is 25.8 Å². The molecule has 0 aliphatic heterocycles. The van der Waals surface area contributed by atoms with Gasteiger partial charge in [-0.15, -0.1) is 0 Å². The summed E-state index contributed by atoms with van der Waals surface area (Å²) < 4.78 is 7.04. The Bertz CT molecular complexity index is 260. The van der Waals surface area contributed by atoms with E-state index >= 15 is 0 Å². The van der Waals surface area contributed by atoms with E-state index in [1.807, 2.05) is 26.2 Å². The van der Waals surface area contributed by atoms with Gasteiger partial charge < -0.3 is 10.5 Å². The molecule has 4 heteroatoms. The molecule has 0 fully saturated rings. The van der Waals surface area contributed by atoms with Gasteiger partial charge in [0.1, 0.15) is 0 Å². The third-order valence-electron chi connectivity index (χ3n) is 2.08. The molecule has 1 aromatic heterocycles. The van der Waals surface area contributed by atoms with Gasteiger partial charge in [-0.05, 0) is 19.4 Å². The van der Waals surface area contributed by atoms with Crippen LogP contribution in [0.4, 0.5) is 0 Å². The zero-order valence-corrected chi connectivity index (χ0v) is 8.94. The molecular formula is C10H19N3O. The fourth-order valence-electron chi connectivity index (χ4n) is 1.32. The Morgan fingerprint density at radius 3 is 3.00 bits per heavy atom. The monoisotopic (exact) mass is 197 g/mol. The summed E-state index contributed by atoms with van der Waals surface area (Å²) >= 11 is 0. The van der Waals surface area contributed by atoms with E-state index in [9.17, 15) is 0 Å². The lowest BCUT2D eigenvalue weighted by Crippen LogP contribution is -2.24. The zero-order valence-electron chi connectivity index (χ0n) is 8.94. The molecule has 1 unspecified atom stereocenters. The highest BCUT2D eigenvalue weighted by Crippen LogP contribution is 2.01. The molecule has 14 heavy (non-hydrogen) atoms. The summed E-state index contributed by atoms with van der Waals surface area (Å²) in [7, 11) is 1.91. The van der Waals surface area contributed by atoms with Gasteiger partial charge in [0.2, 0.25) is 0 Å². The molecule has 0 aliphatic rings. The van der Waals surface area contributed by atoms with E-state index in [0.717, 1.165) is 31.7 Å². The van der Waals surface area contributed by atoms with Gasteiger partial charge in [0.25, 0.3) is 0 Å². The van der Waals surface area contributed by atoms with Crippen LogP contribution in [0, 0.1) is 0 Å². The average Bonchev–Trinajstić information content (AvgIpc) is 2.52. The first kappa shape index (κ1) is 11.2. The molecule has 0 spiro atoms. The topological polar surface area (TPSA) is 53.1 Å². The molecule has 0 bridgehead atoms. The predicted molar refractivity (Wildman–Crippen MR) is 56.0 cm³/mol. The maximum atomic E-state index is 5.93. The number of aryl methyl sites for hydroxylation is 1. The Hall–Kier alpha value is -0.870. The normalized spacial score (nSPS) is 13.1. The Kier molecular flexibility index (Phi) is 4.62. The molecule has 4 nitrogen and oxygen atoms in total. The summed E-state index contributed by atoms with van der Waals surface area (Å²) in [5.41, 5.74) is 6.98. The van der Waals surface area contributed by atoms with E-state index in [2.05, 4.69) is 5.10 Å². The largest absolute Gasteiger partial charge is 0.382 e. The van der Waals surface area contributed by atoms with E-state index in [0.29, 0.717) is 0 Å². The molecule has 0 amide bonds. The van der Waals surface area contributed by atoms with Crippen LogP contribution in [0.2, 0.25) is 0 Å². The maximum Gasteiger partial charge on any atom is 0.0639 e. The first-order chi connectivity index (χ1) is 6.72. The second-order valence-corrected chi connectivity index (χ2v) is 3.43. The summed E-state index contributed by atoms with van der Waals surface area (Å²) in [6, 6.07) is 2.15. The van der Waals surface area contributed by atoms with Crippen molar-refractivity contribution in [3.8, 4) is 0 Å². The fourth-order valence-corrected chi connectivity index (χ4v) is 1.32. The fraction of sp³-hybridized carbons (Fsp3) is 0.700. The van der Waals surface area contributed by atoms with Crippen molar-refractivity contribution in [3.05, 3.63) is 18.0 Å². The number of rotatable bonds is 6. The highest BCUT2D eigenvalue weighted by atomic mass is 16.5. The summed E-state index contributed by atoms with van der Waals surface area (Å²) in [5, 5.41) is 4.27. The third kappa shape index (κ3) is 3.89. The first-order valence-electron chi connectivity index (χ1n) is 5.04. The Morgan fingerprint density at radius 1 is 1.64 bits per heavy atom. The Balaban J connectivity index is 2.23. The van der Waals surface area contributed by atoms with Crippen molar-refractivity contribution >= 4 is 0 Å². The molecule has 1 heterocycles. The molecule has 80 valence electrons. The lowest BCUT2D eigenvalue weighted by molar-refractivity contribution is 0.140. The summed E-state index contributed by atoms with van der Waals surface area (Å²) in [5.74, 6) is 0. The molecule has 0 radical (unpaired) electrons. The molecular weight excluding hydrogens is 178 g/mol. The van der Waals surface area contributed by atoms with Crippen LogP contribution in [0.1, 0.15) is 19.0 Å². The Morgan fingerprint density at radius 2 is 2.43 bits per heavy atom. The highest BCUT2D eigenvalue weighted by Gasteiger charge is 2.05. The first-order valence-corrected chi connectivity index (χ1v) is 5.04. The van der Waals surface area contributed by atoms with Crippen molar-refractivity contribution in [1.82, 2.24) is 9.78 Å². The molecule has 0 aliphatic carbocycles. The van der Waals surface area contributed by atoms with Crippen LogP contribution in [-0.2, 0) is 18.2 Å². The number of nitrogens with zero attached hydrogens (tertiary/aromatic N) is 2. The van der Waals surface area contributed by atoms with Gasteiger partial charge in [0.05, 0.1) is 5.69 Å².